The summed E-state index contributed by atoms with van der Waals surface area (Å²) in [7, 11) is 0. The van der Waals surface area contributed by atoms with Crippen LogP contribution in [0.4, 0.5) is 5.69 Å². The number of para-hydroxylation sites is 1. The van der Waals surface area contributed by atoms with Crippen LogP contribution in [0.3, 0.4) is 0 Å². The van der Waals surface area contributed by atoms with Crippen LogP contribution >= 0.6 is 0 Å². The average molecular weight is 420 g/mol. The summed E-state index contributed by atoms with van der Waals surface area (Å²) in [5.41, 5.74) is 3.34. The molecule has 9 heteroatoms. The van der Waals surface area contributed by atoms with Gasteiger partial charge in [0, 0.05) is 24.7 Å². The summed E-state index contributed by atoms with van der Waals surface area (Å²) in [6.07, 6.45) is 1.27. The number of carbonyl (C=O) groups is 3. The van der Waals surface area contributed by atoms with Crippen LogP contribution in [-0.2, 0) is 19.2 Å². The van der Waals surface area contributed by atoms with Gasteiger partial charge in [0.2, 0.25) is 0 Å². The van der Waals surface area contributed by atoms with Crippen LogP contribution in [0, 0.1) is 0 Å². The Morgan fingerprint density at radius 3 is 2.29 bits per heavy atom. The van der Waals surface area contributed by atoms with Gasteiger partial charge in [0.1, 0.15) is 5.71 Å². The number of anilines is 1. The normalized spacial score (nSPS) is 18.3. The molecule has 1 N–H and O–H groups in total. The number of hydrazine groups is 1. The summed E-state index contributed by atoms with van der Waals surface area (Å²) >= 11 is 0. The maximum Gasteiger partial charge on any atom is 0.376 e. The number of hydrogen-bond acceptors (Lipinski definition) is 7. The molecule has 2 aromatic carbocycles. The van der Waals surface area contributed by atoms with E-state index in [0.717, 1.165) is 0 Å². The van der Waals surface area contributed by atoms with Crippen molar-refractivity contribution in [1.82, 2.24) is 10.5 Å². The lowest BCUT2D eigenvalue weighted by atomic mass is 10.2. The second-order valence-electron chi connectivity index (χ2n) is 6.75. The smallest absolute Gasteiger partial charge is 0.376 e. The van der Waals surface area contributed by atoms with Crippen molar-refractivity contribution in [2.24, 2.45) is 4.99 Å². The van der Waals surface area contributed by atoms with E-state index in [9.17, 15) is 14.4 Å². The van der Waals surface area contributed by atoms with Gasteiger partial charge in [-0.2, -0.15) is 0 Å². The minimum Gasteiger partial charge on any atom is -0.378 e. The topological polar surface area (TPSA) is 101 Å². The van der Waals surface area contributed by atoms with E-state index in [1.54, 1.807) is 54.6 Å². The molecule has 2 heterocycles. The van der Waals surface area contributed by atoms with Crippen molar-refractivity contribution in [2.45, 2.75) is 0 Å². The molecule has 2 saturated heterocycles. The van der Waals surface area contributed by atoms with Crippen molar-refractivity contribution in [3.63, 3.8) is 0 Å². The molecule has 2 aliphatic rings. The Labute approximate surface area is 178 Å². The monoisotopic (exact) mass is 420 g/mol. The number of amides is 2. The molecule has 2 aliphatic heterocycles. The molecule has 2 aromatic rings. The van der Waals surface area contributed by atoms with Crippen LogP contribution in [0.15, 0.2) is 77.4 Å². The lowest BCUT2D eigenvalue weighted by molar-refractivity contribution is -0.140. The van der Waals surface area contributed by atoms with Crippen LogP contribution in [0.25, 0.3) is 0 Å². The van der Waals surface area contributed by atoms with Gasteiger partial charge in [-0.25, -0.2) is 14.8 Å². The zero-order valence-electron chi connectivity index (χ0n) is 16.6. The van der Waals surface area contributed by atoms with E-state index in [1.165, 1.54) is 16.0 Å². The summed E-state index contributed by atoms with van der Waals surface area (Å²) in [5.74, 6) is -1.74. The third kappa shape index (κ3) is 4.68. The quantitative estimate of drug-likeness (QED) is 0.591. The largest absolute Gasteiger partial charge is 0.378 e. The molecule has 0 bridgehead atoms. The lowest BCUT2D eigenvalue weighted by Gasteiger charge is -2.26. The molecule has 0 radical (unpaired) electrons. The summed E-state index contributed by atoms with van der Waals surface area (Å²) < 4.78 is 5.30. The highest BCUT2D eigenvalue weighted by molar-refractivity contribution is 6.45. The first-order valence-corrected chi connectivity index (χ1v) is 9.72. The van der Waals surface area contributed by atoms with E-state index in [0.29, 0.717) is 37.6 Å². The number of morpholine rings is 1. The number of benzene rings is 2. The molecule has 0 atom stereocenters. The fourth-order valence-corrected chi connectivity index (χ4v) is 3.13. The Bertz CT molecular complexity index is 1030. The first-order chi connectivity index (χ1) is 15.1. The van der Waals surface area contributed by atoms with Crippen molar-refractivity contribution in [3.05, 3.63) is 78.0 Å². The summed E-state index contributed by atoms with van der Waals surface area (Å²) in [4.78, 5) is 48.7. The molecule has 9 nitrogen and oxygen atoms in total. The average Bonchev–Trinajstić information content (AvgIpc) is 3.19. The first kappa shape index (κ1) is 20.5. The predicted octanol–water partition coefficient (Wildman–Crippen LogP) is 1.49. The van der Waals surface area contributed by atoms with Gasteiger partial charge in [-0.1, -0.05) is 42.0 Å². The maximum atomic E-state index is 13.2. The van der Waals surface area contributed by atoms with Crippen molar-refractivity contribution in [3.8, 4) is 0 Å². The Hall–Kier alpha value is -3.82. The predicted molar refractivity (Wildman–Crippen MR) is 112 cm³/mol. The molecular formula is C22H20N4O5. The molecule has 2 amide bonds. The SMILES string of the molecule is O=C1ONN(c2ccccc2)/C1=C/C(=NC(=O)c1ccccc1)C(=O)N1CCOCC1. The zero-order chi connectivity index (χ0) is 21.6. The number of rotatable bonds is 4. The molecule has 2 fully saturated rings. The molecule has 0 spiro atoms. The van der Waals surface area contributed by atoms with E-state index in [1.807, 2.05) is 6.07 Å². The van der Waals surface area contributed by atoms with Gasteiger partial charge in [0.05, 0.1) is 18.9 Å². The van der Waals surface area contributed by atoms with E-state index in [-0.39, 0.29) is 11.4 Å². The second-order valence-corrected chi connectivity index (χ2v) is 6.75. The van der Waals surface area contributed by atoms with Crippen LogP contribution in [0.1, 0.15) is 10.4 Å². The highest BCUT2D eigenvalue weighted by Gasteiger charge is 2.31. The number of carbonyl (C=O) groups excluding carboxylic acids is 3. The van der Waals surface area contributed by atoms with Gasteiger partial charge >= 0.3 is 5.97 Å². The van der Waals surface area contributed by atoms with Gasteiger partial charge < -0.3 is 14.5 Å². The number of nitrogens with one attached hydrogen (secondary N) is 1. The van der Waals surface area contributed by atoms with Crippen LogP contribution in [0.2, 0.25) is 0 Å². The Balaban J connectivity index is 1.72. The standard InChI is InChI=1S/C22H20N4O5/c27-20(16-7-3-1-4-8-16)23-18(21(28)25-11-13-30-14-12-25)15-19-22(29)31-24-26(19)17-9-5-2-6-10-17/h1-10,15,24H,11-14H2/b19-15+,23-18?. The first-order valence-electron chi connectivity index (χ1n) is 9.72. The highest BCUT2D eigenvalue weighted by atomic mass is 16.7. The van der Waals surface area contributed by atoms with Gasteiger partial charge in [-0.05, 0) is 24.3 Å². The third-order valence-electron chi connectivity index (χ3n) is 4.73. The highest BCUT2D eigenvalue weighted by Crippen LogP contribution is 2.21. The summed E-state index contributed by atoms with van der Waals surface area (Å²) in [5, 5.41) is 1.39. The van der Waals surface area contributed by atoms with Gasteiger partial charge in [0.25, 0.3) is 11.8 Å². The maximum absolute atomic E-state index is 13.2. The van der Waals surface area contributed by atoms with Crippen LogP contribution < -0.4 is 10.6 Å². The van der Waals surface area contributed by atoms with Gasteiger partial charge in [-0.3, -0.25) is 9.59 Å². The second kappa shape index (κ2) is 9.33. The van der Waals surface area contributed by atoms with E-state index in [4.69, 9.17) is 9.57 Å². The number of hydrogen-bond donors (Lipinski definition) is 1. The minimum atomic E-state index is -0.696. The van der Waals surface area contributed by atoms with E-state index < -0.39 is 17.8 Å². The van der Waals surface area contributed by atoms with Crippen LogP contribution in [0.5, 0.6) is 0 Å². The Morgan fingerprint density at radius 1 is 0.968 bits per heavy atom. The minimum absolute atomic E-state index is 0.0346. The van der Waals surface area contributed by atoms with Gasteiger partial charge in [0.15, 0.2) is 5.70 Å². The third-order valence-corrected chi connectivity index (χ3v) is 4.73. The van der Waals surface area contributed by atoms with Crippen molar-refractivity contribution in [1.29, 1.82) is 0 Å². The molecule has 0 aromatic heterocycles. The molecule has 0 unspecified atom stereocenters. The number of aliphatic imine (C=N–C) groups is 1. The molecule has 0 saturated carbocycles. The van der Waals surface area contributed by atoms with Crippen LogP contribution in [-0.4, -0.2) is 54.7 Å². The molecule has 31 heavy (non-hydrogen) atoms. The van der Waals surface area contributed by atoms with Crippen molar-refractivity contribution in [2.75, 3.05) is 31.3 Å². The number of ether oxygens (including phenoxy) is 1. The Morgan fingerprint density at radius 2 is 1.61 bits per heavy atom. The molecule has 158 valence electrons. The summed E-state index contributed by atoms with van der Waals surface area (Å²) in [6.45, 7) is 1.52. The molecule has 0 aliphatic carbocycles. The van der Waals surface area contributed by atoms with E-state index in [2.05, 4.69) is 10.6 Å². The molecule has 4 rings (SSSR count). The van der Waals surface area contributed by atoms with Crippen molar-refractivity contribution < 1.29 is 24.0 Å². The zero-order valence-corrected chi connectivity index (χ0v) is 16.6. The number of nitrogens with zero attached hydrogens (tertiary/aromatic N) is 3. The molecular weight excluding hydrogens is 400 g/mol. The van der Waals surface area contributed by atoms with E-state index >= 15 is 0 Å². The Kier molecular flexibility index (Phi) is 6.16. The fourth-order valence-electron chi connectivity index (χ4n) is 3.13. The van der Waals surface area contributed by atoms with Gasteiger partial charge in [-0.15, -0.1) is 0 Å². The van der Waals surface area contributed by atoms with Crippen molar-refractivity contribution >= 4 is 29.2 Å². The summed E-state index contributed by atoms with van der Waals surface area (Å²) in [6, 6.07) is 17.4. The lowest BCUT2D eigenvalue weighted by Crippen LogP contribution is -2.44. The fraction of sp³-hybridized carbons (Fsp3) is 0.182.